The van der Waals surface area contributed by atoms with Crippen LogP contribution in [0.3, 0.4) is 0 Å². The van der Waals surface area contributed by atoms with Crippen LogP contribution in [0.2, 0.25) is 0 Å². The summed E-state index contributed by atoms with van der Waals surface area (Å²) in [6.45, 7) is 8.75. The third-order valence-corrected chi connectivity index (χ3v) is 6.08. The van der Waals surface area contributed by atoms with E-state index in [2.05, 4.69) is 50.0 Å². The minimum Gasteiger partial charge on any atom is -0.369 e. The Morgan fingerprint density at radius 2 is 2.08 bits per heavy atom. The fourth-order valence-electron chi connectivity index (χ4n) is 3.60. The maximum atomic E-state index is 12.4. The Kier molecular flexibility index (Phi) is 13.5. The van der Waals surface area contributed by atoms with E-state index in [1.54, 1.807) is 26.2 Å². The van der Waals surface area contributed by atoms with Crippen molar-refractivity contribution in [1.82, 2.24) is 30.4 Å². The largest absolute Gasteiger partial charge is 0.369 e. The molecule has 0 saturated carbocycles. The Balaban J connectivity index is 1.80. The van der Waals surface area contributed by atoms with Gasteiger partial charge in [0.05, 0.1) is 11.8 Å². The fraction of sp³-hybridized carbons (Fsp3) is 0.630. The highest BCUT2D eigenvalue weighted by Gasteiger charge is 2.20. The van der Waals surface area contributed by atoms with Crippen LogP contribution >= 0.6 is 0 Å². The number of carbonyl (C=O) groups is 2. The normalized spacial score (nSPS) is 15.8. The molecule has 1 aliphatic heterocycles. The van der Waals surface area contributed by atoms with E-state index < -0.39 is 6.04 Å². The number of carbonyl (C=O) groups excluding carboxylic acids is 2. The van der Waals surface area contributed by atoms with E-state index in [4.69, 9.17) is 0 Å². The summed E-state index contributed by atoms with van der Waals surface area (Å²) >= 11 is 0. The fourth-order valence-corrected chi connectivity index (χ4v) is 3.60. The van der Waals surface area contributed by atoms with Gasteiger partial charge in [0, 0.05) is 45.7 Å². The van der Waals surface area contributed by atoms with Crippen molar-refractivity contribution in [1.29, 1.82) is 0 Å². The number of rotatable bonds is 14. The molecule has 1 aromatic heterocycles. The molecule has 2 heterocycles. The molecule has 1 saturated heterocycles. The first-order chi connectivity index (χ1) is 17.8. The minimum absolute atomic E-state index is 0.180. The molecule has 2 amide bonds. The molecule has 0 spiro atoms. The molecule has 1 unspecified atom stereocenters. The molecule has 10 heteroatoms. The topological polar surface area (TPSA) is 115 Å². The van der Waals surface area contributed by atoms with Gasteiger partial charge in [0.2, 0.25) is 17.8 Å². The lowest BCUT2D eigenvalue weighted by molar-refractivity contribution is -0.135. The Labute approximate surface area is 222 Å². The smallest absolute Gasteiger partial charge is 0.246 e. The summed E-state index contributed by atoms with van der Waals surface area (Å²) in [4.78, 5) is 37.1. The van der Waals surface area contributed by atoms with Crippen LogP contribution in [0, 0.1) is 17.8 Å². The van der Waals surface area contributed by atoms with Crippen molar-refractivity contribution < 1.29 is 9.59 Å². The second kappa shape index (κ2) is 16.6. The molecule has 37 heavy (non-hydrogen) atoms. The van der Waals surface area contributed by atoms with Crippen molar-refractivity contribution in [3.8, 4) is 11.8 Å². The lowest BCUT2D eigenvalue weighted by Gasteiger charge is -2.23. The van der Waals surface area contributed by atoms with Crippen molar-refractivity contribution in [3.63, 3.8) is 0 Å². The first-order valence-corrected chi connectivity index (χ1v) is 13.2. The summed E-state index contributed by atoms with van der Waals surface area (Å²) in [5, 5.41) is 13.0. The van der Waals surface area contributed by atoms with Crippen molar-refractivity contribution in [2.45, 2.75) is 45.6 Å². The highest BCUT2D eigenvalue weighted by Crippen LogP contribution is 2.14. The number of hydrogen-bond acceptors (Lipinski definition) is 8. The number of aromatic nitrogens is 2. The summed E-state index contributed by atoms with van der Waals surface area (Å²) in [5.41, 5.74) is 0.765. The molecule has 10 nitrogen and oxygen atoms in total. The van der Waals surface area contributed by atoms with Gasteiger partial charge in [-0.3, -0.25) is 9.59 Å². The standard InChI is InChI=1S/C27H44N8O2/c1-6-14-29-25-23(20-32-27(33-25)31-19-22-13-16-28-18-22)11-8-7-9-15-30-26(37)21(2)35(5)24(36)12-10-17-34(3)4/h10,12,20-22,28H,6-7,9,13-19H2,1-5H3,(H,30,37)(H2,29,31,32,33)/b12-10+/t21-,22?/m0/s1. The van der Waals surface area contributed by atoms with Gasteiger partial charge in [0.1, 0.15) is 11.9 Å². The second-order valence-corrected chi connectivity index (χ2v) is 9.61. The average Bonchev–Trinajstić information content (AvgIpc) is 3.41. The number of likely N-dealkylation sites (N-methyl/N-ethyl adjacent to an activating group) is 2. The van der Waals surface area contributed by atoms with Gasteiger partial charge < -0.3 is 31.1 Å². The Morgan fingerprint density at radius 1 is 1.27 bits per heavy atom. The van der Waals surface area contributed by atoms with Gasteiger partial charge in [-0.25, -0.2) is 4.98 Å². The molecular weight excluding hydrogens is 468 g/mol. The van der Waals surface area contributed by atoms with Crippen molar-refractivity contribution in [2.75, 3.05) is 71.0 Å². The maximum absolute atomic E-state index is 12.4. The average molecular weight is 513 g/mol. The van der Waals surface area contributed by atoms with Crippen molar-refractivity contribution in [3.05, 3.63) is 23.9 Å². The highest BCUT2D eigenvalue weighted by molar-refractivity contribution is 5.92. The lowest BCUT2D eigenvalue weighted by Crippen LogP contribution is -2.45. The van der Waals surface area contributed by atoms with Crippen LogP contribution < -0.4 is 21.3 Å². The third-order valence-electron chi connectivity index (χ3n) is 6.08. The van der Waals surface area contributed by atoms with Gasteiger partial charge in [-0.15, -0.1) is 0 Å². The zero-order valence-electron chi connectivity index (χ0n) is 23.1. The summed E-state index contributed by atoms with van der Waals surface area (Å²) < 4.78 is 0. The van der Waals surface area contributed by atoms with Crippen LogP contribution in [0.15, 0.2) is 18.3 Å². The number of unbranched alkanes of at least 4 members (excludes halogenated alkanes) is 1. The molecule has 1 aliphatic rings. The van der Waals surface area contributed by atoms with Crippen molar-refractivity contribution in [2.24, 2.45) is 5.92 Å². The zero-order valence-corrected chi connectivity index (χ0v) is 23.1. The quantitative estimate of drug-likeness (QED) is 0.169. The van der Waals surface area contributed by atoms with Gasteiger partial charge >= 0.3 is 0 Å². The summed E-state index contributed by atoms with van der Waals surface area (Å²) in [5.74, 6) is 7.92. The predicted octanol–water partition coefficient (Wildman–Crippen LogP) is 1.53. The van der Waals surface area contributed by atoms with Crippen LogP contribution in [0.5, 0.6) is 0 Å². The molecule has 0 aliphatic carbocycles. The van der Waals surface area contributed by atoms with E-state index in [1.807, 2.05) is 19.0 Å². The van der Waals surface area contributed by atoms with E-state index in [-0.39, 0.29) is 11.8 Å². The number of hydrogen-bond donors (Lipinski definition) is 4. The number of amides is 2. The van der Waals surface area contributed by atoms with Gasteiger partial charge in [0.15, 0.2) is 0 Å². The SMILES string of the molecule is CCCNc1nc(NCC2CCNC2)ncc1C#CCCCNC(=O)[C@H](C)N(C)C(=O)/C=C/CN(C)C. The van der Waals surface area contributed by atoms with Gasteiger partial charge in [-0.1, -0.05) is 24.8 Å². The van der Waals surface area contributed by atoms with Crippen LogP contribution in [-0.2, 0) is 9.59 Å². The second-order valence-electron chi connectivity index (χ2n) is 9.61. The molecule has 0 radical (unpaired) electrons. The number of nitrogens with one attached hydrogen (secondary N) is 4. The van der Waals surface area contributed by atoms with E-state index in [1.165, 1.54) is 17.4 Å². The number of nitrogens with zero attached hydrogens (tertiary/aromatic N) is 4. The molecule has 0 bridgehead atoms. The molecule has 1 fully saturated rings. The van der Waals surface area contributed by atoms with Gasteiger partial charge in [0.25, 0.3) is 0 Å². The molecule has 2 atom stereocenters. The van der Waals surface area contributed by atoms with Crippen LogP contribution in [0.1, 0.15) is 45.1 Å². The molecule has 4 N–H and O–H groups in total. The number of anilines is 2. The summed E-state index contributed by atoms with van der Waals surface area (Å²) in [6.07, 6.45) is 8.53. The third kappa shape index (κ3) is 11.2. The first kappa shape index (κ1) is 30.1. The predicted molar refractivity (Wildman–Crippen MR) is 149 cm³/mol. The van der Waals surface area contributed by atoms with Crippen LogP contribution in [0.4, 0.5) is 11.8 Å². The monoisotopic (exact) mass is 512 g/mol. The Hall–Kier alpha value is -3.16. The van der Waals surface area contributed by atoms with E-state index in [0.29, 0.717) is 37.8 Å². The molecule has 1 aromatic rings. The Bertz CT molecular complexity index is 947. The van der Waals surface area contributed by atoms with Crippen LogP contribution in [-0.4, -0.2) is 98.0 Å². The maximum Gasteiger partial charge on any atom is 0.246 e. The van der Waals surface area contributed by atoms with Crippen LogP contribution in [0.25, 0.3) is 0 Å². The zero-order chi connectivity index (χ0) is 27.0. The molecule has 204 valence electrons. The minimum atomic E-state index is -0.552. The molecular formula is C27H44N8O2. The van der Waals surface area contributed by atoms with E-state index >= 15 is 0 Å². The van der Waals surface area contributed by atoms with Gasteiger partial charge in [-0.05, 0) is 59.3 Å². The van der Waals surface area contributed by atoms with Gasteiger partial charge in [-0.2, -0.15) is 4.98 Å². The first-order valence-electron chi connectivity index (χ1n) is 13.2. The molecule has 2 rings (SSSR count). The van der Waals surface area contributed by atoms with E-state index in [0.717, 1.165) is 44.0 Å². The Morgan fingerprint density at radius 3 is 2.78 bits per heavy atom. The lowest BCUT2D eigenvalue weighted by atomic mass is 10.1. The molecule has 0 aromatic carbocycles. The summed E-state index contributed by atoms with van der Waals surface area (Å²) in [6, 6.07) is -0.552. The van der Waals surface area contributed by atoms with E-state index in [9.17, 15) is 9.59 Å². The summed E-state index contributed by atoms with van der Waals surface area (Å²) in [7, 11) is 5.50. The van der Waals surface area contributed by atoms with Crippen molar-refractivity contribution >= 4 is 23.6 Å². The highest BCUT2D eigenvalue weighted by atomic mass is 16.2.